The van der Waals surface area contributed by atoms with Gasteiger partial charge in [0.25, 0.3) is 0 Å². The molecule has 0 saturated carbocycles. The van der Waals surface area contributed by atoms with Crippen LogP contribution in [0.3, 0.4) is 0 Å². The van der Waals surface area contributed by atoms with Crippen LogP contribution in [0.15, 0.2) is 35.6 Å². The molecule has 11 nitrogen and oxygen atoms in total. The topological polar surface area (TPSA) is 137 Å². The summed E-state index contributed by atoms with van der Waals surface area (Å²) >= 11 is 0. The molecule has 1 aromatic carbocycles. The molecule has 0 aliphatic carbocycles. The fourth-order valence-corrected chi connectivity index (χ4v) is 4.53. The van der Waals surface area contributed by atoms with Gasteiger partial charge in [-0.2, -0.15) is 15.5 Å². The van der Waals surface area contributed by atoms with Crippen molar-refractivity contribution in [2.45, 2.75) is 32.4 Å². The number of ether oxygens (including phenoxy) is 1. The fraction of sp³-hybridized carbons (Fsp3) is 0.280. The first-order valence-electron chi connectivity index (χ1n) is 11.6. The maximum atomic E-state index is 14.5. The van der Waals surface area contributed by atoms with Gasteiger partial charge in [0.1, 0.15) is 17.5 Å². The van der Waals surface area contributed by atoms with Crippen molar-refractivity contribution < 1.29 is 28.2 Å². The summed E-state index contributed by atoms with van der Waals surface area (Å²) in [7, 11) is 0. The number of amides is 2. The van der Waals surface area contributed by atoms with Gasteiger partial charge in [-0.05, 0) is 37.6 Å². The molecule has 38 heavy (non-hydrogen) atoms. The highest BCUT2D eigenvalue weighted by molar-refractivity contribution is 5.90. The Morgan fingerprint density at radius 3 is 2.63 bits per heavy atom. The molecule has 2 amide bonds. The van der Waals surface area contributed by atoms with Gasteiger partial charge in [-0.25, -0.2) is 33.0 Å². The zero-order chi connectivity index (χ0) is 27.1. The number of aromatic nitrogens is 3. The average molecular weight is 521 g/mol. The predicted molar refractivity (Wildman–Crippen MR) is 128 cm³/mol. The lowest BCUT2D eigenvalue weighted by Crippen LogP contribution is -2.58. The summed E-state index contributed by atoms with van der Waals surface area (Å²) < 4.78 is 35.5. The van der Waals surface area contributed by atoms with Crippen molar-refractivity contribution in [1.82, 2.24) is 24.7 Å². The molecule has 0 unspecified atom stereocenters. The smallest absolute Gasteiger partial charge is 0.341 e. The quantitative estimate of drug-likeness (QED) is 0.544. The standard InChI is InChI=1S/C25H21F2N7O4/c1-13-23(24(35)36)14(2)33(31-13)22-8-21(19(27)10-29-22)38-18-11-32(12-18)25(37)34-20(3-4-30-34)16-5-15(9-28)6-17(26)7-16/h4-8,10,18,20H,3,11-12H2,1-2H3,(H,35,36)/t20-/m0/s1. The second-order valence-electron chi connectivity index (χ2n) is 8.94. The van der Waals surface area contributed by atoms with E-state index in [4.69, 9.17) is 10.00 Å². The second kappa shape index (κ2) is 9.55. The van der Waals surface area contributed by atoms with Crippen molar-refractivity contribution in [2.75, 3.05) is 13.1 Å². The van der Waals surface area contributed by atoms with Gasteiger partial charge in [-0.3, -0.25) is 0 Å². The number of hydrazone groups is 1. The fourth-order valence-electron chi connectivity index (χ4n) is 4.53. The van der Waals surface area contributed by atoms with Crippen LogP contribution in [0.25, 0.3) is 5.82 Å². The van der Waals surface area contributed by atoms with E-state index in [0.29, 0.717) is 23.4 Å². The van der Waals surface area contributed by atoms with Crippen molar-refractivity contribution in [3.05, 3.63) is 70.2 Å². The highest BCUT2D eigenvalue weighted by Gasteiger charge is 2.39. The van der Waals surface area contributed by atoms with Crippen LogP contribution in [0.5, 0.6) is 5.75 Å². The number of nitriles is 1. The van der Waals surface area contributed by atoms with Gasteiger partial charge in [0.2, 0.25) is 0 Å². The van der Waals surface area contributed by atoms with E-state index in [-0.39, 0.29) is 35.8 Å². The Bertz CT molecular complexity index is 1520. The molecule has 2 aromatic heterocycles. The van der Waals surface area contributed by atoms with Crippen molar-refractivity contribution in [2.24, 2.45) is 5.10 Å². The van der Waals surface area contributed by atoms with Crippen LogP contribution in [-0.4, -0.2) is 67.2 Å². The van der Waals surface area contributed by atoms with Crippen LogP contribution >= 0.6 is 0 Å². The maximum Gasteiger partial charge on any atom is 0.341 e. The number of likely N-dealkylation sites (tertiary alicyclic amines) is 1. The van der Waals surface area contributed by atoms with Crippen LogP contribution in [-0.2, 0) is 0 Å². The van der Waals surface area contributed by atoms with Crippen LogP contribution in [0.4, 0.5) is 13.6 Å². The Hall–Kier alpha value is -4.86. The highest BCUT2D eigenvalue weighted by Crippen LogP contribution is 2.32. The molecule has 13 heteroatoms. The van der Waals surface area contributed by atoms with Gasteiger partial charge >= 0.3 is 12.0 Å². The van der Waals surface area contributed by atoms with Gasteiger partial charge < -0.3 is 14.7 Å². The van der Waals surface area contributed by atoms with E-state index in [1.807, 2.05) is 6.07 Å². The molecule has 1 saturated heterocycles. The van der Waals surface area contributed by atoms with Crippen LogP contribution < -0.4 is 4.74 Å². The number of carbonyl (C=O) groups is 2. The van der Waals surface area contributed by atoms with Crippen LogP contribution in [0.2, 0.25) is 0 Å². The van der Waals surface area contributed by atoms with E-state index >= 15 is 0 Å². The number of hydrogen-bond donors (Lipinski definition) is 1. The molecule has 0 spiro atoms. The number of rotatable bonds is 5. The highest BCUT2D eigenvalue weighted by atomic mass is 19.1. The number of urea groups is 1. The molecular weight excluding hydrogens is 500 g/mol. The Morgan fingerprint density at radius 1 is 1.18 bits per heavy atom. The van der Waals surface area contributed by atoms with E-state index < -0.39 is 35.8 Å². The third kappa shape index (κ3) is 4.40. The van der Waals surface area contributed by atoms with E-state index in [2.05, 4.69) is 15.2 Å². The zero-order valence-corrected chi connectivity index (χ0v) is 20.3. The van der Waals surface area contributed by atoms with E-state index in [0.717, 1.165) is 12.3 Å². The van der Waals surface area contributed by atoms with E-state index in [9.17, 15) is 23.5 Å². The van der Waals surface area contributed by atoms with Gasteiger partial charge in [0.15, 0.2) is 17.4 Å². The minimum Gasteiger partial charge on any atom is -0.483 e. The molecule has 3 aromatic rings. The summed E-state index contributed by atoms with van der Waals surface area (Å²) in [5.74, 6) is -2.35. The summed E-state index contributed by atoms with van der Waals surface area (Å²) in [6, 6.07) is 6.16. The minimum absolute atomic E-state index is 0.0386. The van der Waals surface area contributed by atoms with E-state index in [1.54, 1.807) is 20.1 Å². The van der Waals surface area contributed by atoms with E-state index in [1.165, 1.54) is 32.8 Å². The van der Waals surface area contributed by atoms with Crippen molar-refractivity contribution in [3.8, 4) is 17.6 Å². The molecule has 0 bridgehead atoms. The summed E-state index contributed by atoms with van der Waals surface area (Å²) in [6.45, 7) is 3.44. The maximum absolute atomic E-state index is 14.5. The Labute approximate surface area is 215 Å². The molecular formula is C25H21F2N7O4. The molecule has 5 rings (SSSR count). The van der Waals surface area contributed by atoms with Crippen molar-refractivity contribution in [3.63, 3.8) is 0 Å². The third-order valence-corrected chi connectivity index (χ3v) is 6.40. The summed E-state index contributed by atoms with van der Waals surface area (Å²) in [5, 5.41) is 28.1. The number of carboxylic acid groups (broad SMARTS) is 1. The summed E-state index contributed by atoms with van der Waals surface area (Å²) in [6.07, 6.45) is 2.37. The lowest BCUT2D eigenvalue weighted by atomic mass is 10.0. The van der Waals surface area contributed by atoms with Gasteiger partial charge in [-0.15, -0.1) is 0 Å². The molecule has 2 aliphatic rings. The monoisotopic (exact) mass is 521 g/mol. The Balaban J connectivity index is 1.27. The predicted octanol–water partition coefficient (Wildman–Crippen LogP) is 3.35. The number of aryl methyl sites for hydroxylation is 1. The molecule has 1 atom stereocenters. The number of aromatic carboxylic acids is 1. The normalized spacial score (nSPS) is 16.9. The lowest BCUT2D eigenvalue weighted by Gasteiger charge is -2.41. The molecule has 0 radical (unpaired) electrons. The number of carbonyl (C=O) groups excluding carboxylic acids is 1. The third-order valence-electron chi connectivity index (χ3n) is 6.40. The van der Waals surface area contributed by atoms with Gasteiger partial charge in [0, 0.05) is 18.7 Å². The number of halogens is 2. The molecule has 1 N–H and O–H groups in total. The molecule has 194 valence electrons. The number of pyridine rings is 1. The van der Waals surface area contributed by atoms with Crippen molar-refractivity contribution >= 4 is 18.2 Å². The second-order valence-corrected chi connectivity index (χ2v) is 8.94. The zero-order valence-electron chi connectivity index (χ0n) is 20.3. The largest absolute Gasteiger partial charge is 0.483 e. The first-order chi connectivity index (χ1) is 18.2. The molecule has 1 fully saturated rings. The van der Waals surface area contributed by atoms with Gasteiger partial charge in [-0.1, -0.05) is 0 Å². The lowest BCUT2D eigenvalue weighted by molar-refractivity contribution is 0.0256. The van der Waals surface area contributed by atoms with Crippen LogP contribution in [0.1, 0.15) is 45.3 Å². The average Bonchev–Trinajstić information content (AvgIpc) is 3.45. The number of carboxylic acids is 1. The number of hydrogen-bond acceptors (Lipinski definition) is 7. The minimum atomic E-state index is -1.13. The first kappa shape index (κ1) is 24.8. The van der Waals surface area contributed by atoms with Crippen LogP contribution in [0, 0.1) is 36.8 Å². The van der Waals surface area contributed by atoms with Crippen molar-refractivity contribution in [1.29, 1.82) is 5.26 Å². The summed E-state index contributed by atoms with van der Waals surface area (Å²) in [4.78, 5) is 30.0. The SMILES string of the molecule is Cc1nn(-c2cc(OC3CN(C(=O)N4N=CC[C@H]4c4cc(F)cc(C#N)c4)C3)c(F)cn2)c(C)c1C(=O)O. The molecule has 2 aliphatic heterocycles. The summed E-state index contributed by atoms with van der Waals surface area (Å²) in [5.41, 5.74) is 1.28. The Morgan fingerprint density at radius 2 is 1.95 bits per heavy atom. The molecule has 4 heterocycles. The number of benzene rings is 1. The number of nitrogens with zero attached hydrogens (tertiary/aromatic N) is 7. The Kier molecular flexibility index (Phi) is 6.23. The first-order valence-corrected chi connectivity index (χ1v) is 11.6. The van der Waals surface area contributed by atoms with Gasteiger partial charge in [0.05, 0.1) is 48.3 Å².